The Morgan fingerprint density at radius 2 is 2.00 bits per heavy atom. The van der Waals surface area contributed by atoms with E-state index in [4.69, 9.17) is 18.9 Å². The van der Waals surface area contributed by atoms with E-state index in [1.165, 1.54) is 0 Å². The molecule has 1 N–H and O–H groups in total. The quantitative estimate of drug-likeness (QED) is 0.557. The number of hydrogen-bond acceptors (Lipinski definition) is 6. The van der Waals surface area contributed by atoms with Crippen molar-refractivity contribution in [2.45, 2.75) is 81.3 Å². The lowest BCUT2D eigenvalue weighted by Crippen LogP contribution is -2.69. The summed E-state index contributed by atoms with van der Waals surface area (Å²) in [6, 6.07) is 0. The minimum atomic E-state index is -0.654. The molecule has 7 aliphatic rings. The zero-order valence-corrected chi connectivity index (χ0v) is 15.3. The third kappa shape index (κ3) is 1.14. The van der Waals surface area contributed by atoms with Crippen LogP contribution in [0.3, 0.4) is 0 Å². The van der Waals surface area contributed by atoms with Gasteiger partial charge in [0, 0.05) is 11.0 Å². The smallest absolute Gasteiger partial charge is 0.334 e. The maximum Gasteiger partial charge on any atom is 0.334 e. The van der Waals surface area contributed by atoms with Crippen molar-refractivity contribution in [3.05, 3.63) is 11.1 Å². The molecule has 2 saturated carbocycles. The largest absolute Gasteiger partial charge is 0.458 e. The van der Waals surface area contributed by atoms with Crippen molar-refractivity contribution in [1.82, 2.24) is 0 Å². The van der Waals surface area contributed by atoms with Crippen LogP contribution in [0.25, 0.3) is 0 Å². The summed E-state index contributed by atoms with van der Waals surface area (Å²) in [7, 11) is 0. The molecule has 1 unspecified atom stereocenters. The maximum absolute atomic E-state index is 12.1. The molecule has 26 heavy (non-hydrogen) atoms. The number of carbonyl (C=O) groups excluding carboxylic acids is 1. The fourth-order valence-electron chi connectivity index (χ4n) is 7.70. The number of ether oxygens (including phenoxy) is 4. The van der Waals surface area contributed by atoms with Gasteiger partial charge in [0.2, 0.25) is 0 Å². The average Bonchev–Trinajstić information content (AvgIpc) is 3.47. The fourth-order valence-corrected chi connectivity index (χ4v) is 7.70. The molecular weight excluding hydrogens is 336 g/mol. The van der Waals surface area contributed by atoms with Crippen LogP contribution in [0.15, 0.2) is 11.1 Å². The molecule has 4 aliphatic heterocycles. The first-order chi connectivity index (χ1) is 12.3. The van der Waals surface area contributed by atoms with Crippen LogP contribution in [-0.2, 0) is 23.7 Å². The van der Waals surface area contributed by atoms with Crippen molar-refractivity contribution in [2.75, 3.05) is 6.61 Å². The molecule has 140 valence electrons. The van der Waals surface area contributed by atoms with Gasteiger partial charge in [-0.05, 0) is 36.7 Å². The van der Waals surface area contributed by atoms with E-state index in [0.29, 0.717) is 6.61 Å². The number of esters is 1. The Bertz CT molecular complexity index is 819. The Hall–Kier alpha value is -0.950. The van der Waals surface area contributed by atoms with E-state index in [0.717, 1.165) is 30.4 Å². The third-order valence-electron chi connectivity index (χ3n) is 9.10. The van der Waals surface area contributed by atoms with Gasteiger partial charge in [-0.15, -0.1) is 0 Å². The number of aliphatic hydroxyl groups is 1. The third-order valence-corrected chi connectivity index (χ3v) is 9.10. The van der Waals surface area contributed by atoms with Crippen LogP contribution in [0.5, 0.6) is 0 Å². The highest BCUT2D eigenvalue weighted by atomic mass is 16.7. The Morgan fingerprint density at radius 3 is 2.77 bits per heavy atom. The van der Waals surface area contributed by atoms with Gasteiger partial charge in [0.1, 0.15) is 36.1 Å². The molecule has 0 amide bonds. The van der Waals surface area contributed by atoms with Crippen molar-refractivity contribution < 1.29 is 28.8 Å². The van der Waals surface area contributed by atoms with Crippen LogP contribution in [0.2, 0.25) is 0 Å². The van der Waals surface area contributed by atoms with Gasteiger partial charge in [-0.25, -0.2) is 4.79 Å². The molecule has 0 aromatic rings. The second kappa shape index (κ2) is 3.79. The highest BCUT2D eigenvalue weighted by molar-refractivity contribution is 5.92. The van der Waals surface area contributed by atoms with Gasteiger partial charge in [-0.2, -0.15) is 0 Å². The van der Waals surface area contributed by atoms with Gasteiger partial charge in [0.05, 0.1) is 6.10 Å². The monoisotopic (exact) mass is 360 g/mol. The Kier molecular flexibility index (Phi) is 2.19. The molecule has 3 aliphatic carbocycles. The Labute approximate surface area is 151 Å². The zero-order valence-electron chi connectivity index (χ0n) is 15.3. The highest BCUT2D eigenvalue weighted by Gasteiger charge is 3.00. The Morgan fingerprint density at radius 1 is 1.19 bits per heavy atom. The second-order valence-corrected chi connectivity index (χ2v) is 9.91. The number of epoxide rings is 3. The van der Waals surface area contributed by atoms with Gasteiger partial charge < -0.3 is 24.1 Å². The molecule has 4 heterocycles. The van der Waals surface area contributed by atoms with Gasteiger partial charge in [-0.1, -0.05) is 20.8 Å². The number of carbonyl (C=O) groups is 1. The van der Waals surface area contributed by atoms with E-state index in [9.17, 15) is 9.90 Å². The minimum Gasteiger partial charge on any atom is -0.458 e. The summed E-state index contributed by atoms with van der Waals surface area (Å²) in [5.74, 6) is 0.297. The lowest BCUT2D eigenvalue weighted by Gasteiger charge is -2.53. The van der Waals surface area contributed by atoms with Crippen LogP contribution in [0, 0.1) is 17.3 Å². The summed E-state index contributed by atoms with van der Waals surface area (Å²) in [5.41, 5.74) is 0.230. The van der Waals surface area contributed by atoms with Crippen molar-refractivity contribution >= 4 is 5.97 Å². The van der Waals surface area contributed by atoms with E-state index in [1.807, 2.05) is 0 Å². The van der Waals surface area contributed by atoms with Gasteiger partial charge in [0.25, 0.3) is 0 Å². The van der Waals surface area contributed by atoms with Crippen LogP contribution in [0.4, 0.5) is 0 Å². The molecule has 5 fully saturated rings. The molecule has 6 nitrogen and oxygen atoms in total. The standard InChI is InChI=1S/C20H24O6/c1-8(2)18-13(25-18)14-20(26-14)17(3)5-4-9-10(7-23-15(9)21)11(17)6-12-19(20,24-12)16(18)22/h8,11-14,16,22H,4-7H2,1-3H3/t11-,12-,13-,14?,16+,17-,18-,19+,20+/m0/s1. The van der Waals surface area contributed by atoms with Crippen molar-refractivity contribution in [3.8, 4) is 0 Å². The molecule has 3 saturated heterocycles. The number of hydrogen-bond donors (Lipinski definition) is 1. The van der Waals surface area contributed by atoms with Gasteiger partial charge in [-0.3, -0.25) is 0 Å². The van der Waals surface area contributed by atoms with Crippen LogP contribution in [-0.4, -0.2) is 58.9 Å². The van der Waals surface area contributed by atoms with Gasteiger partial charge in [0.15, 0.2) is 5.60 Å². The van der Waals surface area contributed by atoms with Gasteiger partial charge >= 0.3 is 5.97 Å². The lowest BCUT2D eigenvalue weighted by molar-refractivity contribution is -0.136. The molecule has 2 spiro atoms. The number of rotatable bonds is 1. The van der Waals surface area contributed by atoms with Crippen molar-refractivity contribution in [1.29, 1.82) is 0 Å². The Balaban J connectivity index is 1.39. The normalized spacial score (nSPS) is 63.1. The van der Waals surface area contributed by atoms with Crippen LogP contribution >= 0.6 is 0 Å². The summed E-state index contributed by atoms with van der Waals surface area (Å²) in [6.45, 7) is 6.91. The fraction of sp³-hybridized carbons (Fsp3) is 0.850. The van der Waals surface area contributed by atoms with Crippen LogP contribution < -0.4 is 0 Å². The molecule has 0 aromatic heterocycles. The predicted molar refractivity (Wildman–Crippen MR) is 87.1 cm³/mol. The topological polar surface area (TPSA) is 84.1 Å². The number of cyclic esters (lactones) is 1. The summed E-state index contributed by atoms with van der Waals surface area (Å²) in [4.78, 5) is 12.1. The van der Waals surface area contributed by atoms with Crippen molar-refractivity contribution in [3.63, 3.8) is 0 Å². The molecule has 0 radical (unpaired) electrons. The second-order valence-electron chi connectivity index (χ2n) is 9.91. The number of fused-ring (bicyclic) bond motifs is 4. The molecular formula is C20H24O6. The first-order valence-corrected chi connectivity index (χ1v) is 9.95. The van der Waals surface area contributed by atoms with E-state index in [1.54, 1.807) is 0 Å². The molecule has 9 atom stereocenters. The molecule has 6 heteroatoms. The predicted octanol–water partition coefficient (Wildman–Crippen LogP) is 1.10. The minimum absolute atomic E-state index is 0.00808. The summed E-state index contributed by atoms with van der Waals surface area (Å²) < 4.78 is 24.3. The van der Waals surface area contributed by atoms with E-state index >= 15 is 0 Å². The zero-order chi connectivity index (χ0) is 17.9. The highest BCUT2D eigenvalue weighted by Crippen LogP contribution is 2.82. The van der Waals surface area contributed by atoms with E-state index < -0.39 is 22.9 Å². The molecule has 7 rings (SSSR count). The number of aliphatic hydroxyl groups excluding tert-OH is 1. The maximum atomic E-state index is 12.1. The van der Waals surface area contributed by atoms with Crippen LogP contribution in [0.1, 0.15) is 40.0 Å². The summed E-state index contributed by atoms with van der Waals surface area (Å²) in [6.07, 6.45) is 1.71. The lowest BCUT2D eigenvalue weighted by atomic mass is 9.46. The van der Waals surface area contributed by atoms with E-state index in [2.05, 4.69) is 20.8 Å². The molecule has 0 bridgehead atoms. The first kappa shape index (κ1) is 15.0. The average molecular weight is 360 g/mol. The SMILES string of the molecule is CC(C)[C@]12O[C@H]1C1O[C@]13[C@]1(O[C@H]1C[C@H]1C4=C(CC[C@@]13C)C(=O)OC4)[C@@H]2O. The summed E-state index contributed by atoms with van der Waals surface area (Å²) in [5, 5.41) is 11.4. The summed E-state index contributed by atoms with van der Waals surface area (Å²) >= 11 is 0. The van der Waals surface area contributed by atoms with E-state index in [-0.39, 0.29) is 41.5 Å². The van der Waals surface area contributed by atoms with Crippen molar-refractivity contribution in [2.24, 2.45) is 17.3 Å². The molecule has 0 aromatic carbocycles. The first-order valence-electron chi connectivity index (χ1n) is 9.95.